The molecule has 1 N–H and O–H groups in total. The Kier molecular flexibility index (Phi) is 4.72. The van der Waals surface area contributed by atoms with Crippen molar-refractivity contribution in [3.05, 3.63) is 10.8 Å². The van der Waals surface area contributed by atoms with E-state index < -0.39 is 0 Å². The number of anilines is 1. The fraction of sp³-hybridized carbons (Fsp3) is 0.615. The van der Waals surface area contributed by atoms with Gasteiger partial charge in [0, 0.05) is 12.5 Å². The van der Waals surface area contributed by atoms with Crippen LogP contribution in [-0.2, 0) is 17.8 Å². The number of amides is 1. The lowest BCUT2D eigenvalue weighted by Gasteiger charge is -2.06. The number of thioether (sulfide) groups is 1. The second-order valence-electron chi connectivity index (χ2n) is 5.05. The van der Waals surface area contributed by atoms with E-state index in [2.05, 4.69) is 37.2 Å². The van der Waals surface area contributed by atoms with Gasteiger partial charge in [-0.05, 0) is 26.2 Å². The molecular formula is C13H18N6OS2. The maximum atomic E-state index is 12.0. The molecule has 0 aliphatic heterocycles. The average Bonchev–Trinajstić information content (AvgIpc) is 3.12. The maximum Gasteiger partial charge on any atom is 0.236 e. The minimum Gasteiger partial charge on any atom is -0.306 e. The molecule has 22 heavy (non-hydrogen) atoms. The van der Waals surface area contributed by atoms with E-state index >= 15 is 0 Å². The van der Waals surface area contributed by atoms with Crippen molar-refractivity contribution in [3.63, 3.8) is 0 Å². The van der Waals surface area contributed by atoms with Crippen molar-refractivity contribution >= 4 is 34.1 Å². The van der Waals surface area contributed by atoms with E-state index in [0.717, 1.165) is 29.0 Å². The highest BCUT2D eigenvalue weighted by Gasteiger charge is 2.30. The minimum absolute atomic E-state index is 0.0950. The summed E-state index contributed by atoms with van der Waals surface area (Å²) >= 11 is 2.82. The number of carbonyl (C=O) groups excluding carboxylic acids is 1. The van der Waals surface area contributed by atoms with Crippen LogP contribution in [0.4, 0.5) is 5.13 Å². The van der Waals surface area contributed by atoms with Crippen LogP contribution in [0.2, 0.25) is 0 Å². The van der Waals surface area contributed by atoms with Crippen molar-refractivity contribution in [2.75, 3.05) is 11.1 Å². The van der Waals surface area contributed by atoms with Crippen LogP contribution < -0.4 is 5.32 Å². The van der Waals surface area contributed by atoms with E-state index in [4.69, 9.17) is 0 Å². The quantitative estimate of drug-likeness (QED) is 0.780. The van der Waals surface area contributed by atoms with Crippen molar-refractivity contribution in [3.8, 4) is 0 Å². The topological polar surface area (TPSA) is 85.6 Å². The van der Waals surface area contributed by atoms with Gasteiger partial charge >= 0.3 is 0 Å². The predicted octanol–water partition coefficient (Wildman–Crippen LogP) is 2.32. The summed E-state index contributed by atoms with van der Waals surface area (Å²) in [5.41, 5.74) is 0. The third kappa shape index (κ3) is 3.46. The molecule has 3 rings (SSSR count). The maximum absolute atomic E-state index is 12.0. The van der Waals surface area contributed by atoms with Gasteiger partial charge in [0.25, 0.3) is 0 Å². The highest BCUT2D eigenvalue weighted by atomic mass is 32.2. The zero-order valence-electron chi connectivity index (χ0n) is 12.6. The SMILES string of the molecule is CCc1nnc(NC(=O)CSc2nnc(C3CC3)n2CC)s1. The Labute approximate surface area is 136 Å². The van der Waals surface area contributed by atoms with Crippen LogP contribution in [0.25, 0.3) is 0 Å². The number of nitrogens with one attached hydrogen (secondary N) is 1. The van der Waals surface area contributed by atoms with Crippen LogP contribution in [0.15, 0.2) is 5.16 Å². The van der Waals surface area contributed by atoms with Gasteiger partial charge in [-0.25, -0.2) is 0 Å². The molecule has 1 fully saturated rings. The molecule has 118 valence electrons. The smallest absolute Gasteiger partial charge is 0.236 e. The van der Waals surface area contributed by atoms with Crippen molar-refractivity contribution in [1.82, 2.24) is 25.0 Å². The lowest BCUT2D eigenvalue weighted by atomic mass is 10.4. The molecule has 2 aromatic rings. The van der Waals surface area contributed by atoms with E-state index in [9.17, 15) is 4.79 Å². The molecule has 2 aromatic heterocycles. The highest BCUT2D eigenvalue weighted by molar-refractivity contribution is 7.99. The molecule has 7 nitrogen and oxygen atoms in total. The Balaban J connectivity index is 1.56. The monoisotopic (exact) mass is 338 g/mol. The normalized spacial score (nSPS) is 14.3. The molecule has 0 radical (unpaired) electrons. The first-order valence-electron chi connectivity index (χ1n) is 7.39. The fourth-order valence-corrected chi connectivity index (χ4v) is 3.59. The number of carbonyl (C=O) groups is 1. The standard InChI is InChI=1S/C13H18N6OS2/c1-3-10-15-17-12(22-10)14-9(20)7-21-13-18-16-11(8-5-6-8)19(13)4-2/h8H,3-7H2,1-2H3,(H,14,17,20). The molecule has 1 amide bonds. The molecule has 0 aromatic carbocycles. The summed E-state index contributed by atoms with van der Waals surface area (Å²) in [5, 5.41) is 21.5. The number of hydrogen-bond donors (Lipinski definition) is 1. The van der Waals surface area contributed by atoms with Crippen molar-refractivity contribution in [1.29, 1.82) is 0 Å². The van der Waals surface area contributed by atoms with Crippen LogP contribution >= 0.6 is 23.1 Å². The molecule has 0 spiro atoms. The van der Waals surface area contributed by atoms with Gasteiger partial charge in [0.2, 0.25) is 11.0 Å². The summed E-state index contributed by atoms with van der Waals surface area (Å²) in [7, 11) is 0. The second kappa shape index (κ2) is 6.74. The Hall–Kier alpha value is -1.48. The first kappa shape index (κ1) is 15.4. The molecule has 1 aliphatic rings. The lowest BCUT2D eigenvalue weighted by molar-refractivity contribution is -0.113. The van der Waals surface area contributed by atoms with Gasteiger partial charge in [-0.15, -0.1) is 20.4 Å². The number of hydrogen-bond acceptors (Lipinski definition) is 7. The van der Waals surface area contributed by atoms with Crippen LogP contribution in [0, 0.1) is 0 Å². The molecule has 0 saturated heterocycles. The Morgan fingerprint density at radius 1 is 1.32 bits per heavy atom. The van der Waals surface area contributed by atoms with Gasteiger partial charge in [0.05, 0.1) is 5.75 Å². The van der Waals surface area contributed by atoms with Crippen LogP contribution in [0.1, 0.15) is 43.4 Å². The van der Waals surface area contributed by atoms with E-state index in [1.54, 1.807) is 0 Å². The number of rotatable bonds is 7. The van der Waals surface area contributed by atoms with Gasteiger partial charge in [-0.1, -0.05) is 30.0 Å². The first-order valence-corrected chi connectivity index (χ1v) is 9.19. The zero-order chi connectivity index (χ0) is 15.5. The lowest BCUT2D eigenvalue weighted by Crippen LogP contribution is -2.14. The summed E-state index contributed by atoms with van der Waals surface area (Å²) in [6.45, 7) is 4.92. The van der Waals surface area contributed by atoms with Gasteiger partial charge < -0.3 is 4.57 Å². The zero-order valence-corrected chi connectivity index (χ0v) is 14.2. The number of nitrogens with zero attached hydrogens (tertiary/aromatic N) is 5. The largest absolute Gasteiger partial charge is 0.306 e. The first-order chi connectivity index (χ1) is 10.7. The Morgan fingerprint density at radius 3 is 2.77 bits per heavy atom. The Morgan fingerprint density at radius 2 is 2.14 bits per heavy atom. The van der Waals surface area contributed by atoms with E-state index in [1.807, 2.05) is 6.92 Å². The molecule has 0 bridgehead atoms. The number of aryl methyl sites for hydroxylation is 1. The summed E-state index contributed by atoms with van der Waals surface area (Å²) in [5.74, 6) is 1.82. The molecule has 1 saturated carbocycles. The third-order valence-electron chi connectivity index (χ3n) is 3.35. The summed E-state index contributed by atoms with van der Waals surface area (Å²) < 4.78 is 2.11. The van der Waals surface area contributed by atoms with Crippen LogP contribution in [-0.4, -0.2) is 36.6 Å². The minimum atomic E-state index is -0.0950. The van der Waals surface area contributed by atoms with Crippen molar-refractivity contribution < 1.29 is 4.79 Å². The van der Waals surface area contributed by atoms with Crippen LogP contribution in [0.3, 0.4) is 0 Å². The summed E-state index contributed by atoms with van der Waals surface area (Å²) in [4.78, 5) is 12.0. The molecule has 9 heteroatoms. The molecule has 0 unspecified atom stereocenters. The van der Waals surface area contributed by atoms with Gasteiger partial charge in [-0.2, -0.15) is 0 Å². The van der Waals surface area contributed by atoms with E-state index in [-0.39, 0.29) is 5.91 Å². The third-order valence-corrected chi connectivity index (χ3v) is 5.30. The molecular weight excluding hydrogens is 320 g/mol. The van der Waals surface area contributed by atoms with E-state index in [1.165, 1.54) is 35.9 Å². The number of aromatic nitrogens is 5. The molecule has 2 heterocycles. The fourth-order valence-electron chi connectivity index (χ4n) is 2.08. The predicted molar refractivity (Wildman–Crippen MR) is 86.3 cm³/mol. The van der Waals surface area contributed by atoms with E-state index in [0.29, 0.717) is 16.8 Å². The van der Waals surface area contributed by atoms with Crippen molar-refractivity contribution in [2.24, 2.45) is 0 Å². The van der Waals surface area contributed by atoms with Crippen LogP contribution in [0.5, 0.6) is 0 Å². The average molecular weight is 338 g/mol. The van der Waals surface area contributed by atoms with Crippen molar-refractivity contribution in [2.45, 2.75) is 50.7 Å². The highest BCUT2D eigenvalue weighted by Crippen LogP contribution is 2.39. The van der Waals surface area contributed by atoms with Gasteiger partial charge in [0.1, 0.15) is 10.8 Å². The molecule has 1 aliphatic carbocycles. The second-order valence-corrected chi connectivity index (χ2v) is 7.06. The summed E-state index contributed by atoms with van der Waals surface area (Å²) in [6, 6.07) is 0. The summed E-state index contributed by atoms with van der Waals surface area (Å²) in [6.07, 6.45) is 3.21. The molecule has 0 atom stereocenters. The van der Waals surface area contributed by atoms with Gasteiger partial charge in [-0.3, -0.25) is 10.1 Å². The Bertz CT molecular complexity index is 663. The van der Waals surface area contributed by atoms with Gasteiger partial charge in [0.15, 0.2) is 5.16 Å².